The minimum atomic E-state index is -3.06. The molecule has 27 heavy (non-hydrogen) atoms. The van der Waals surface area contributed by atoms with Gasteiger partial charge in [0.25, 0.3) is 0 Å². The number of ether oxygens (including phenoxy) is 1. The normalized spacial score (nSPS) is 23.1. The van der Waals surface area contributed by atoms with Gasteiger partial charge in [0, 0.05) is 16.5 Å². The number of sulfone groups is 1. The Labute approximate surface area is 168 Å². The second kappa shape index (κ2) is 7.73. The Morgan fingerprint density at radius 1 is 1.15 bits per heavy atom. The summed E-state index contributed by atoms with van der Waals surface area (Å²) in [7, 11) is -3.06. The summed E-state index contributed by atoms with van der Waals surface area (Å²) < 4.78 is 29.9. The Morgan fingerprint density at radius 2 is 1.96 bits per heavy atom. The molecule has 0 saturated carbocycles. The monoisotopic (exact) mass is 422 g/mol. The second-order valence-electron chi connectivity index (χ2n) is 6.48. The number of halogens is 1. The smallest absolute Gasteiger partial charge is 0.164 e. The summed E-state index contributed by atoms with van der Waals surface area (Å²) in [6, 6.07) is 16.8. The van der Waals surface area contributed by atoms with Crippen molar-refractivity contribution in [3.8, 4) is 5.75 Å². The maximum Gasteiger partial charge on any atom is 0.164 e. The lowest BCUT2D eigenvalue weighted by Gasteiger charge is -2.26. The minimum Gasteiger partial charge on any atom is -0.493 e. The molecule has 2 aromatic rings. The molecule has 0 radical (unpaired) electrons. The Morgan fingerprint density at radius 3 is 2.74 bits per heavy atom. The number of nitrogens with zero attached hydrogens (tertiary/aromatic N) is 2. The van der Waals surface area contributed by atoms with Gasteiger partial charge in [-0.1, -0.05) is 47.6 Å². The fourth-order valence-electron chi connectivity index (χ4n) is 3.37. The zero-order chi connectivity index (χ0) is 18.9. The number of hydrogen-bond donors (Lipinski definition) is 0. The van der Waals surface area contributed by atoms with E-state index in [1.165, 1.54) is 0 Å². The molecular formula is C19H19ClN2O3S2. The van der Waals surface area contributed by atoms with Gasteiger partial charge in [0.05, 0.1) is 30.2 Å². The van der Waals surface area contributed by atoms with Crippen LogP contribution in [0.5, 0.6) is 5.75 Å². The fraction of sp³-hybridized carbons (Fsp3) is 0.316. The molecule has 2 atom stereocenters. The van der Waals surface area contributed by atoms with E-state index in [1.807, 2.05) is 59.5 Å². The Kier molecular flexibility index (Phi) is 5.34. The van der Waals surface area contributed by atoms with Crippen molar-refractivity contribution in [2.75, 3.05) is 28.8 Å². The lowest BCUT2D eigenvalue weighted by Crippen LogP contribution is -2.39. The van der Waals surface area contributed by atoms with Crippen LogP contribution in [-0.2, 0) is 9.84 Å². The molecule has 0 bridgehead atoms. The van der Waals surface area contributed by atoms with Crippen LogP contribution in [0.25, 0.3) is 0 Å². The van der Waals surface area contributed by atoms with Crippen LogP contribution in [0.3, 0.4) is 0 Å². The average molecular weight is 423 g/mol. The molecule has 0 aliphatic carbocycles. The van der Waals surface area contributed by atoms with Gasteiger partial charge < -0.3 is 9.64 Å². The number of hydrogen-bond acceptors (Lipinski definition) is 6. The van der Waals surface area contributed by atoms with Crippen LogP contribution in [0, 0.1) is 0 Å². The third-order valence-electron chi connectivity index (χ3n) is 4.52. The van der Waals surface area contributed by atoms with Crippen molar-refractivity contribution in [3.63, 3.8) is 0 Å². The zero-order valence-corrected chi connectivity index (χ0v) is 16.9. The van der Waals surface area contributed by atoms with Crippen LogP contribution in [0.15, 0.2) is 59.6 Å². The van der Waals surface area contributed by atoms with Gasteiger partial charge in [0.1, 0.15) is 5.75 Å². The van der Waals surface area contributed by atoms with Gasteiger partial charge in [0.2, 0.25) is 0 Å². The number of anilines is 1. The highest BCUT2D eigenvalue weighted by atomic mass is 35.5. The molecule has 1 saturated heterocycles. The van der Waals surface area contributed by atoms with Crippen LogP contribution in [0.4, 0.5) is 5.69 Å². The van der Waals surface area contributed by atoms with Crippen LogP contribution in [0.1, 0.15) is 0 Å². The zero-order valence-electron chi connectivity index (χ0n) is 14.5. The van der Waals surface area contributed by atoms with Crippen molar-refractivity contribution in [3.05, 3.63) is 59.6 Å². The first-order valence-corrected chi connectivity index (χ1v) is 11.8. The number of thioether (sulfide) groups is 1. The molecule has 0 aromatic heterocycles. The van der Waals surface area contributed by atoms with Gasteiger partial charge in [0.15, 0.2) is 15.0 Å². The van der Waals surface area contributed by atoms with Crippen LogP contribution >= 0.6 is 23.4 Å². The second-order valence-corrected chi connectivity index (χ2v) is 10.1. The highest BCUT2D eigenvalue weighted by molar-refractivity contribution is 8.14. The Balaban J connectivity index is 1.47. The number of benzene rings is 2. The van der Waals surface area contributed by atoms with Crippen LogP contribution in [-0.4, -0.2) is 49.5 Å². The number of fused-ring (bicyclic) bond motifs is 1. The van der Waals surface area contributed by atoms with Crippen LogP contribution in [0.2, 0.25) is 5.02 Å². The molecule has 2 heterocycles. The minimum absolute atomic E-state index is 0.110. The van der Waals surface area contributed by atoms with Crippen molar-refractivity contribution < 1.29 is 13.2 Å². The average Bonchev–Trinajstić information content (AvgIpc) is 3.10. The maximum atomic E-state index is 12.1. The van der Waals surface area contributed by atoms with Gasteiger partial charge in [-0.25, -0.2) is 8.42 Å². The molecule has 2 unspecified atom stereocenters. The molecule has 8 heteroatoms. The maximum absolute atomic E-state index is 12.1. The number of para-hydroxylation sites is 1. The summed E-state index contributed by atoms with van der Waals surface area (Å²) in [5.74, 6) is 1.79. The molecule has 0 spiro atoms. The van der Waals surface area contributed by atoms with E-state index in [9.17, 15) is 8.42 Å². The summed E-state index contributed by atoms with van der Waals surface area (Å²) in [6.07, 6.45) is 0. The van der Waals surface area contributed by atoms with Crippen molar-refractivity contribution >= 4 is 44.1 Å². The molecule has 1 fully saturated rings. The van der Waals surface area contributed by atoms with Crippen molar-refractivity contribution in [1.29, 1.82) is 0 Å². The van der Waals surface area contributed by atoms with E-state index >= 15 is 0 Å². The summed E-state index contributed by atoms with van der Waals surface area (Å²) in [6.45, 7) is 0.546. The highest BCUT2D eigenvalue weighted by Gasteiger charge is 2.47. The Bertz CT molecular complexity index is 950. The topological polar surface area (TPSA) is 59.0 Å². The predicted octanol–water partition coefficient (Wildman–Crippen LogP) is 3.49. The summed E-state index contributed by atoms with van der Waals surface area (Å²) in [5, 5.41) is 1.45. The quantitative estimate of drug-likeness (QED) is 0.690. The van der Waals surface area contributed by atoms with E-state index in [0.717, 1.165) is 22.4 Å². The first kappa shape index (κ1) is 18.7. The van der Waals surface area contributed by atoms with E-state index < -0.39 is 9.84 Å². The third kappa shape index (κ3) is 4.25. The summed E-state index contributed by atoms with van der Waals surface area (Å²) in [5.41, 5.74) is 0.877. The predicted molar refractivity (Wildman–Crippen MR) is 112 cm³/mol. The van der Waals surface area contributed by atoms with Gasteiger partial charge in [-0.3, -0.25) is 4.99 Å². The van der Waals surface area contributed by atoms with Gasteiger partial charge >= 0.3 is 0 Å². The van der Waals surface area contributed by atoms with Gasteiger partial charge in [-0.15, -0.1) is 0 Å². The molecule has 0 N–H and O–H groups in total. The van der Waals surface area contributed by atoms with Crippen molar-refractivity contribution in [2.45, 2.75) is 12.1 Å². The number of rotatable bonds is 5. The van der Waals surface area contributed by atoms with Gasteiger partial charge in [-0.05, 0) is 30.3 Å². The molecule has 0 amide bonds. The van der Waals surface area contributed by atoms with Crippen molar-refractivity contribution in [2.24, 2.45) is 4.99 Å². The lowest BCUT2D eigenvalue weighted by atomic mass is 10.1. The first-order valence-electron chi connectivity index (χ1n) is 8.65. The van der Waals surface area contributed by atoms with E-state index in [2.05, 4.69) is 0 Å². The fourth-order valence-corrected chi connectivity index (χ4v) is 6.34. The lowest BCUT2D eigenvalue weighted by molar-refractivity contribution is 0.344. The van der Waals surface area contributed by atoms with E-state index in [-0.39, 0.29) is 23.6 Å². The standard InChI is InChI=1S/C19H19ClN2O3S2/c20-14-5-4-6-15(11-14)22-18-13-27(23,24)12-17(18)21-19(22)26-10-9-25-16-7-2-1-3-8-16/h1-8,11,17-18H,9-10,12-13H2. The SMILES string of the molecule is O=S1(=O)CC2N=C(SCCOc3ccccc3)N(c3cccc(Cl)c3)C2C1. The Hall–Kier alpha value is -1.70. The van der Waals surface area contributed by atoms with Crippen LogP contribution < -0.4 is 9.64 Å². The summed E-state index contributed by atoms with van der Waals surface area (Å²) in [4.78, 5) is 6.73. The first-order chi connectivity index (χ1) is 13.0. The summed E-state index contributed by atoms with van der Waals surface area (Å²) >= 11 is 7.73. The largest absolute Gasteiger partial charge is 0.493 e. The van der Waals surface area contributed by atoms with E-state index in [1.54, 1.807) is 11.8 Å². The third-order valence-corrected chi connectivity index (χ3v) is 7.39. The molecule has 2 aromatic carbocycles. The number of aliphatic imine (C=N–C) groups is 1. The molecule has 142 valence electrons. The highest BCUT2D eigenvalue weighted by Crippen LogP contribution is 2.35. The molecular weight excluding hydrogens is 404 g/mol. The molecule has 4 rings (SSSR count). The molecule has 2 aliphatic rings. The van der Waals surface area contributed by atoms with Crippen molar-refractivity contribution in [1.82, 2.24) is 0 Å². The van der Waals surface area contributed by atoms with E-state index in [4.69, 9.17) is 21.3 Å². The molecule has 2 aliphatic heterocycles. The van der Waals surface area contributed by atoms with E-state index in [0.29, 0.717) is 11.6 Å². The molecule has 5 nitrogen and oxygen atoms in total. The number of amidine groups is 1. The van der Waals surface area contributed by atoms with Gasteiger partial charge in [-0.2, -0.15) is 0 Å².